The fraction of sp³-hybridized carbons (Fsp3) is 0. The predicted molar refractivity (Wildman–Crippen MR) is 202 cm³/mol. The summed E-state index contributed by atoms with van der Waals surface area (Å²) in [5.74, 6) is 0. The normalized spacial score (nSPS) is 12.2. The Balaban J connectivity index is 1.23. The fourth-order valence-electron chi connectivity index (χ4n) is 8.11. The molecule has 11 aromatic rings. The Morgan fingerprint density at radius 1 is 0.312 bits per heavy atom. The zero-order valence-electron chi connectivity index (χ0n) is 25.8. The van der Waals surface area contributed by atoms with E-state index in [0.717, 1.165) is 49.3 Å². The maximum Gasteiger partial charge on any atom is 0.143 e. The van der Waals surface area contributed by atoms with Gasteiger partial charge in [0.1, 0.15) is 22.3 Å². The van der Waals surface area contributed by atoms with Crippen molar-refractivity contribution in [3.63, 3.8) is 0 Å². The molecule has 0 aliphatic heterocycles. The third kappa shape index (κ3) is 3.52. The van der Waals surface area contributed by atoms with Crippen molar-refractivity contribution in [2.75, 3.05) is 0 Å². The second-order valence-corrected chi connectivity index (χ2v) is 12.8. The van der Waals surface area contributed by atoms with Gasteiger partial charge >= 0.3 is 0 Å². The summed E-state index contributed by atoms with van der Waals surface area (Å²) in [6.07, 6.45) is 0. The summed E-state index contributed by atoms with van der Waals surface area (Å²) >= 11 is 0. The van der Waals surface area contributed by atoms with Gasteiger partial charge in [0.15, 0.2) is 0 Å². The molecule has 0 unspecified atom stereocenters. The van der Waals surface area contributed by atoms with Crippen LogP contribution in [0.25, 0.3) is 109 Å². The van der Waals surface area contributed by atoms with Gasteiger partial charge in [-0.3, -0.25) is 0 Å². The molecule has 2 heterocycles. The Kier molecular flexibility index (Phi) is 5.14. The Morgan fingerprint density at radius 3 is 1.69 bits per heavy atom. The van der Waals surface area contributed by atoms with Crippen LogP contribution in [0.5, 0.6) is 0 Å². The summed E-state index contributed by atoms with van der Waals surface area (Å²) in [5.41, 5.74) is 8.49. The third-order valence-electron chi connectivity index (χ3n) is 10.2. The summed E-state index contributed by atoms with van der Waals surface area (Å²) in [6, 6.07) is 56.7. The molecule has 2 heteroatoms. The van der Waals surface area contributed by atoms with Crippen LogP contribution in [-0.4, -0.2) is 0 Å². The van der Waals surface area contributed by atoms with Crippen molar-refractivity contribution in [1.29, 1.82) is 0 Å². The van der Waals surface area contributed by atoms with Gasteiger partial charge in [-0.15, -0.1) is 0 Å². The van der Waals surface area contributed by atoms with Gasteiger partial charge in [0.05, 0.1) is 0 Å². The van der Waals surface area contributed by atoms with Crippen molar-refractivity contribution in [2.24, 2.45) is 0 Å². The lowest BCUT2D eigenvalue weighted by Crippen LogP contribution is -1.91. The molecule has 0 saturated carbocycles. The molecular weight excluding hydrogens is 585 g/mol. The lowest BCUT2D eigenvalue weighted by atomic mass is 9.84. The van der Waals surface area contributed by atoms with E-state index < -0.39 is 0 Å². The molecule has 0 spiro atoms. The zero-order chi connectivity index (χ0) is 31.3. The first-order valence-electron chi connectivity index (χ1n) is 16.4. The molecule has 0 fully saturated rings. The van der Waals surface area contributed by atoms with E-state index in [9.17, 15) is 0 Å². The minimum absolute atomic E-state index is 0.903. The van der Waals surface area contributed by atoms with Crippen LogP contribution in [0, 0.1) is 0 Å². The first-order valence-corrected chi connectivity index (χ1v) is 16.4. The topological polar surface area (TPSA) is 26.3 Å². The highest BCUT2D eigenvalue weighted by Crippen LogP contribution is 2.48. The Labute approximate surface area is 275 Å². The summed E-state index contributed by atoms with van der Waals surface area (Å²) < 4.78 is 13.0. The van der Waals surface area contributed by atoms with Gasteiger partial charge in [-0.25, -0.2) is 0 Å². The minimum Gasteiger partial charge on any atom is -0.456 e. The molecule has 0 aliphatic rings. The summed E-state index contributed by atoms with van der Waals surface area (Å²) in [4.78, 5) is 0. The van der Waals surface area contributed by atoms with Gasteiger partial charge in [-0.1, -0.05) is 121 Å². The van der Waals surface area contributed by atoms with Crippen molar-refractivity contribution in [2.45, 2.75) is 0 Å². The van der Waals surface area contributed by atoms with Crippen LogP contribution < -0.4 is 0 Å². The van der Waals surface area contributed by atoms with Crippen LogP contribution in [0.2, 0.25) is 0 Å². The Morgan fingerprint density at radius 2 is 0.938 bits per heavy atom. The van der Waals surface area contributed by atoms with Crippen LogP contribution in [0.15, 0.2) is 167 Å². The maximum atomic E-state index is 6.63. The minimum atomic E-state index is 0.903. The molecule has 11 rings (SSSR count). The fourth-order valence-corrected chi connectivity index (χ4v) is 8.11. The summed E-state index contributed by atoms with van der Waals surface area (Å²) in [5, 5.41) is 14.2. The van der Waals surface area contributed by atoms with Crippen LogP contribution in [0.3, 0.4) is 0 Å². The third-order valence-corrected chi connectivity index (χ3v) is 10.2. The zero-order valence-corrected chi connectivity index (χ0v) is 25.8. The molecular formula is C46H26O2. The quantitative estimate of drug-likeness (QED) is 0.182. The van der Waals surface area contributed by atoms with Gasteiger partial charge in [0.25, 0.3) is 0 Å². The number of rotatable bonds is 2. The highest BCUT2D eigenvalue weighted by Gasteiger charge is 2.21. The van der Waals surface area contributed by atoms with Crippen LogP contribution >= 0.6 is 0 Å². The molecule has 2 nitrogen and oxygen atoms in total. The molecule has 0 amide bonds. The average molecular weight is 611 g/mol. The molecule has 0 bridgehead atoms. The van der Waals surface area contributed by atoms with Crippen LogP contribution in [-0.2, 0) is 0 Å². The first kappa shape index (κ1) is 25.8. The molecule has 222 valence electrons. The van der Waals surface area contributed by atoms with E-state index in [1.54, 1.807) is 0 Å². The van der Waals surface area contributed by atoms with Gasteiger partial charge in [0.2, 0.25) is 0 Å². The van der Waals surface area contributed by atoms with E-state index >= 15 is 0 Å². The predicted octanol–water partition coefficient (Wildman–Crippen LogP) is 13.4. The largest absolute Gasteiger partial charge is 0.456 e. The SMILES string of the molecule is c1ccc2cc3c(cc2c1)oc1ccc(-c2c4ccccc4c(-c4cccc5oc6c7ccccc7ccc6c45)c4ccccc24)cc13. The monoisotopic (exact) mass is 610 g/mol. The Hall–Kier alpha value is -6.38. The second-order valence-electron chi connectivity index (χ2n) is 12.8. The lowest BCUT2D eigenvalue weighted by molar-refractivity contribution is 0.669. The molecule has 2 aromatic heterocycles. The number of furan rings is 2. The number of fused-ring (bicyclic) bond motifs is 11. The van der Waals surface area contributed by atoms with Crippen molar-refractivity contribution >= 4 is 87.0 Å². The van der Waals surface area contributed by atoms with Gasteiger partial charge in [-0.05, 0) is 96.4 Å². The van der Waals surface area contributed by atoms with Gasteiger partial charge in [-0.2, -0.15) is 0 Å². The van der Waals surface area contributed by atoms with E-state index in [-0.39, 0.29) is 0 Å². The van der Waals surface area contributed by atoms with Gasteiger partial charge < -0.3 is 8.83 Å². The molecule has 0 atom stereocenters. The van der Waals surface area contributed by atoms with Gasteiger partial charge in [0, 0.05) is 26.9 Å². The lowest BCUT2D eigenvalue weighted by Gasteiger charge is -2.18. The van der Waals surface area contributed by atoms with Crippen LogP contribution in [0.4, 0.5) is 0 Å². The molecule has 0 aliphatic carbocycles. The second kappa shape index (κ2) is 9.57. The number of hydrogen-bond donors (Lipinski definition) is 0. The number of hydrogen-bond acceptors (Lipinski definition) is 2. The average Bonchev–Trinajstić information content (AvgIpc) is 3.71. The summed E-state index contributed by atoms with van der Waals surface area (Å²) in [7, 11) is 0. The van der Waals surface area contributed by atoms with E-state index in [1.165, 1.54) is 60.0 Å². The maximum absolute atomic E-state index is 6.63. The molecule has 0 saturated heterocycles. The first-order chi connectivity index (χ1) is 23.8. The molecule has 48 heavy (non-hydrogen) atoms. The molecule has 0 radical (unpaired) electrons. The smallest absolute Gasteiger partial charge is 0.143 e. The highest BCUT2D eigenvalue weighted by molar-refractivity contribution is 6.27. The molecule has 9 aromatic carbocycles. The van der Waals surface area contributed by atoms with E-state index in [1.807, 2.05) is 0 Å². The van der Waals surface area contributed by atoms with Crippen molar-refractivity contribution in [3.8, 4) is 22.3 Å². The van der Waals surface area contributed by atoms with Crippen molar-refractivity contribution < 1.29 is 8.83 Å². The Bertz CT molecular complexity index is 3060. The van der Waals surface area contributed by atoms with E-state index in [0.29, 0.717) is 0 Å². The molecule has 0 N–H and O–H groups in total. The van der Waals surface area contributed by atoms with E-state index in [2.05, 4.69) is 158 Å². The highest BCUT2D eigenvalue weighted by atomic mass is 16.3. The van der Waals surface area contributed by atoms with Crippen molar-refractivity contribution in [1.82, 2.24) is 0 Å². The summed E-state index contributed by atoms with van der Waals surface area (Å²) in [6.45, 7) is 0. The van der Waals surface area contributed by atoms with E-state index in [4.69, 9.17) is 8.83 Å². The van der Waals surface area contributed by atoms with Crippen molar-refractivity contribution in [3.05, 3.63) is 158 Å². The van der Waals surface area contributed by atoms with Crippen LogP contribution in [0.1, 0.15) is 0 Å². The number of benzene rings is 9. The standard InChI is InChI=1S/C46H26O2/c1-2-12-29-26-42-39(24-28(29)11-1)38-25-30(21-23-40(38)47-42)43-32-14-5-7-16-34(32)44(35-17-8-6-15-33(35)43)36-18-9-19-41-45(36)37-22-20-27-10-3-4-13-31(27)46(37)48-41/h1-26H.